The van der Waals surface area contributed by atoms with Crippen LogP contribution in [0.4, 0.5) is 0 Å². The molecule has 2 aromatic rings. The molecular weight excluding hydrogens is 286 g/mol. The number of rotatable bonds is 6. The largest absolute Gasteiger partial charge is 0.494 e. The fourth-order valence-corrected chi connectivity index (χ4v) is 3.14. The summed E-state index contributed by atoms with van der Waals surface area (Å²) in [5, 5.41) is 9.52. The van der Waals surface area contributed by atoms with Crippen molar-refractivity contribution in [3.63, 3.8) is 0 Å². The smallest absolute Gasteiger partial charge is 0.119 e. The van der Waals surface area contributed by atoms with Gasteiger partial charge < -0.3 is 14.7 Å². The molecule has 0 aliphatic carbocycles. The fraction of sp³-hybridized carbons (Fsp3) is 0.400. The highest BCUT2D eigenvalue weighted by Crippen LogP contribution is 2.26. The first-order chi connectivity index (χ1) is 11.2. The van der Waals surface area contributed by atoms with Crippen molar-refractivity contribution in [1.29, 1.82) is 0 Å². The van der Waals surface area contributed by atoms with E-state index in [1.54, 1.807) is 0 Å². The minimum Gasteiger partial charge on any atom is -0.494 e. The van der Waals surface area contributed by atoms with Gasteiger partial charge in [0.1, 0.15) is 5.75 Å². The number of β-amino-alcohol motifs (C(OH)–C–C–N with tert-alkyl or cyclic N) is 1. The number of nitrogens with zero attached hydrogens (tertiary/aromatic N) is 1. The quantitative estimate of drug-likeness (QED) is 0.829. The predicted molar refractivity (Wildman–Crippen MR) is 93.8 cm³/mol. The van der Waals surface area contributed by atoms with Gasteiger partial charge in [0, 0.05) is 19.6 Å². The van der Waals surface area contributed by atoms with Crippen LogP contribution < -0.4 is 4.74 Å². The minimum absolute atomic E-state index is 0.137. The molecule has 0 saturated carbocycles. The SMILES string of the molecule is Cc1ccccc1-c1cccc(OCCCN2CC[C@@H](O)C2)c1. The molecule has 0 radical (unpaired) electrons. The summed E-state index contributed by atoms with van der Waals surface area (Å²) in [6, 6.07) is 16.7. The molecule has 1 saturated heterocycles. The molecule has 1 N–H and O–H groups in total. The lowest BCUT2D eigenvalue weighted by atomic mass is 10.0. The van der Waals surface area contributed by atoms with Crippen LogP contribution in [0.2, 0.25) is 0 Å². The fourth-order valence-electron chi connectivity index (χ4n) is 3.14. The Bertz CT molecular complexity index is 641. The molecule has 1 aliphatic rings. The van der Waals surface area contributed by atoms with Crippen molar-refractivity contribution in [1.82, 2.24) is 4.90 Å². The summed E-state index contributed by atoms with van der Waals surface area (Å²) in [6.45, 7) is 5.65. The maximum atomic E-state index is 9.52. The average molecular weight is 311 g/mol. The van der Waals surface area contributed by atoms with Gasteiger partial charge in [-0.05, 0) is 48.6 Å². The molecule has 0 spiro atoms. The number of ether oxygens (including phenoxy) is 1. The Morgan fingerprint density at radius 2 is 2.04 bits per heavy atom. The molecule has 3 heteroatoms. The van der Waals surface area contributed by atoms with E-state index >= 15 is 0 Å². The zero-order chi connectivity index (χ0) is 16.1. The monoisotopic (exact) mass is 311 g/mol. The van der Waals surface area contributed by atoms with Crippen LogP contribution in [0.5, 0.6) is 5.75 Å². The second-order valence-electron chi connectivity index (χ2n) is 6.29. The highest BCUT2D eigenvalue weighted by molar-refractivity contribution is 5.68. The zero-order valence-electron chi connectivity index (χ0n) is 13.7. The van der Waals surface area contributed by atoms with E-state index < -0.39 is 0 Å². The van der Waals surface area contributed by atoms with E-state index in [4.69, 9.17) is 4.74 Å². The number of aliphatic hydroxyl groups is 1. The summed E-state index contributed by atoms with van der Waals surface area (Å²) in [7, 11) is 0. The van der Waals surface area contributed by atoms with Gasteiger partial charge in [-0.3, -0.25) is 0 Å². The summed E-state index contributed by atoms with van der Waals surface area (Å²) in [5.74, 6) is 0.923. The van der Waals surface area contributed by atoms with E-state index in [-0.39, 0.29) is 6.10 Å². The molecule has 1 heterocycles. The van der Waals surface area contributed by atoms with Gasteiger partial charge in [0.15, 0.2) is 0 Å². The Hall–Kier alpha value is -1.84. The maximum Gasteiger partial charge on any atom is 0.119 e. The molecule has 23 heavy (non-hydrogen) atoms. The first-order valence-electron chi connectivity index (χ1n) is 8.41. The summed E-state index contributed by atoms with van der Waals surface area (Å²) >= 11 is 0. The summed E-state index contributed by atoms with van der Waals surface area (Å²) < 4.78 is 5.91. The van der Waals surface area contributed by atoms with Gasteiger partial charge in [0.05, 0.1) is 12.7 Å². The lowest BCUT2D eigenvalue weighted by Crippen LogP contribution is -2.24. The van der Waals surface area contributed by atoms with Crippen molar-refractivity contribution in [2.45, 2.75) is 25.9 Å². The molecule has 2 aromatic carbocycles. The molecular formula is C20H25NO2. The standard InChI is InChI=1S/C20H25NO2/c1-16-6-2-3-9-20(16)17-7-4-8-19(14-17)23-13-5-11-21-12-10-18(22)15-21/h2-4,6-9,14,18,22H,5,10-13,15H2,1H3/t18-/m1/s1. The highest BCUT2D eigenvalue weighted by atomic mass is 16.5. The topological polar surface area (TPSA) is 32.7 Å². The average Bonchev–Trinajstić information content (AvgIpc) is 2.98. The molecule has 122 valence electrons. The van der Waals surface area contributed by atoms with Crippen molar-refractivity contribution in [2.75, 3.05) is 26.2 Å². The zero-order valence-corrected chi connectivity index (χ0v) is 13.7. The van der Waals surface area contributed by atoms with Gasteiger partial charge in [-0.1, -0.05) is 36.4 Å². The van der Waals surface area contributed by atoms with Gasteiger partial charge >= 0.3 is 0 Å². The van der Waals surface area contributed by atoms with E-state index in [1.165, 1.54) is 16.7 Å². The van der Waals surface area contributed by atoms with Gasteiger partial charge in [-0.25, -0.2) is 0 Å². The summed E-state index contributed by atoms with van der Waals surface area (Å²) in [5.41, 5.74) is 3.73. The van der Waals surface area contributed by atoms with Crippen LogP contribution in [0.15, 0.2) is 48.5 Å². The van der Waals surface area contributed by atoms with Crippen LogP contribution in [0.25, 0.3) is 11.1 Å². The van der Waals surface area contributed by atoms with E-state index in [9.17, 15) is 5.11 Å². The van der Waals surface area contributed by atoms with E-state index in [1.807, 2.05) is 12.1 Å². The Labute approximate surface area is 138 Å². The van der Waals surface area contributed by atoms with Crippen LogP contribution >= 0.6 is 0 Å². The van der Waals surface area contributed by atoms with E-state index in [2.05, 4.69) is 48.2 Å². The predicted octanol–water partition coefficient (Wildman–Crippen LogP) is 3.50. The molecule has 1 fully saturated rings. The molecule has 3 rings (SSSR count). The number of hydrogen-bond donors (Lipinski definition) is 1. The van der Waals surface area contributed by atoms with E-state index in [0.717, 1.165) is 38.2 Å². The second-order valence-corrected chi connectivity index (χ2v) is 6.29. The maximum absolute atomic E-state index is 9.52. The lowest BCUT2D eigenvalue weighted by molar-refractivity contribution is 0.173. The normalized spacial score (nSPS) is 18.3. The van der Waals surface area contributed by atoms with Crippen molar-refractivity contribution >= 4 is 0 Å². The summed E-state index contributed by atoms with van der Waals surface area (Å²) in [6.07, 6.45) is 1.75. The number of aryl methyl sites for hydroxylation is 1. The van der Waals surface area contributed by atoms with Crippen LogP contribution in [-0.4, -0.2) is 42.4 Å². The Morgan fingerprint density at radius 1 is 1.17 bits per heavy atom. The van der Waals surface area contributed by atoms with Gasteiger partial charge in [0.2, 0.25) is 0 Å². The first-order valence-corrected chi connectivity index (χ1v) is 8.41. The molecule has 1 aliphatic heterocycles. The number of aliphatic hydroxyl groups excluding tert-OH is 1. The Morgan fingerprint density at radius 3 is 2.83 bits per heavy atom. The molecule has 1 atom stereocenters. The third kappa shape index (κ3) is 4.34. The van der Waals surface area contributed by atoms with Crippen LogP contribution in [0.3, 0.4) is 0 Å². The van der Waals surface area contributed by atoms with Gasteiger partial charge in [-0.2, -0.15) is 0 Å². The van der Waals surface area contributed by atoms with Crippen LogP contribution in [0, 0.1) is 6.92 Å². The summed E-state index contributed by atoms with van der Waals surface area (Å²) in [4.78, 5) is 2.30. The third-order valence-corrected chi connectivity index (χ3v) is 4.43. The number of benzene rings is 2. The van der Waals surface area contributed by atoms with Gasteiger partial charge in [0.25, 0.3) is 0 Å². The first kappa shape index (κ1) is 16.0. The molecule has 0 amide bonds. The number of hydrogen-bond acceptors (Lipinski definition) is 3. The van der Waals surface area contributed by atoms with Crippen LogP contribution in [-0.2, 0) is 0 Å². The van der Waals surface area contributed by atoms with Crippen molar-refractivity contribution in [2.24, 2.45) is 0 Å². The van der Waals surface area contributed by atoms with Crippen molar-refractivity contribution < 1.29 is 9.84 Å². The Balaban J connectivity index is 1.53. The number of likely N-dealkylation sites (tertiary alicyclic amines) is 1. The Kier molecular flexibility index (Phi) is 5.31. The molecule has 0 aromatic heterocycles. The highest BCUT2D eigenvalue weighted by Gasteiger charge is 2.19. The molecule has 3 nitrogen and oxygen atoms in total. The molecule has 0 unspecified atom stereocenters. The van der Waals surface area contributed by atoms with Crippen molar-refractivity contribution in [3.8, 4) is 16.9 Å². The van der Waals surface area contributed by atoms with Crippen LogP contribution in [0.1, 0.15) is 18.4 Å². The van der Waals surface area contributed by atoms with Crippen molar-refractivity contribution in [3.05, 3.63) is 54.1 Å². The second kappa shape index (κ2) is 7.62. The van der Waals surface area contributed by atoms with Gasteiger partial charge in [-0.15, -0.1) is 0 Å². The lowest BCUT2D eigenvalue weighted by Gasteiger charge is -2.15. The third-order valence-electron chi connectivity index (χ3n) is 4.43. The molecule has 0 bridgehead atoms. The minimum atomic E-state index is -0.137. The van der Waals surface area contributed by atoms with E-state index in [0.29, 0.717) is 6.61 Å².